The van der Waals surface area contributed by atoms with Crippen LogP contribution < -0.4 is 15.6 Å². The van der Waals surface area contributed by atoms with Crippen LogP contribution in [0.1, 0.15) is 32.3 Å². The fourth-order valence-corrected chi connectivity index (χ4v) is 5.53. The van der Waals surface area contributed by atoms with Crippen LogP contribution in [0.3, 0.4) is 0 Å². The van der Waals surface area contributed by atoms with E-state index in [2.05, 4.69) is 15.8 Å². The maximum atomic E-state index is 13.8. The lowest BCUT2D eigenvalue weighted by molar-refractivity contribution is -0.121. The SMILES string of the molecule is CC1(C)[C@@H](N(O)C(=O)Nc2cccc(Cl)c2)N(c2cccc(Cl)c2)C(=O)N1CCCC(=O)N/N=C\c1ccc(Cl)cc1Cl. The van der Waals surface area contributed by atoms with E-state index in [-0.39, 0.29) is 25.3 Å². The van der Waals surface area contributed by atoms with E-state index in [0.29, 0.717) is 42.1 Å². The van der Waals surface area contributed by atoms with Crippen molar-refractivity contribution in [2.75, 3.05) is 16.8 Å². The number of hydrogen-bond acceptors (Lipinski definition) is 5. The number of nitrogens with zero attached hydrogens (tertiary/aromatic N) is 4. The molecule has 0 bridgehead atoms. The molecule has 10 nitrogen and oxygen atoms in total. The van der Waals surface area contributed by atoms with Gasteiger partial charge in [-0.25, -0.2) is 15.0 Å². The van der Waals surface area contributed by atoms with Gasteiger partial charge in [0.2, 0.25) is 5.91 Å². The van der Waals surface area contributed by atoms with Crippen molar-refractivity contribution in [2.24, 2.45) is 5.10 Å². The quantitative estimate of drug-likeness (QED) is 0.125. The summed E-state index contributed by atoms with van der Waals surface area (Å²) in [6, 6.07) is 16.5. The smallest absolute Gasteiger partial charge is 0.315 e. The second-order valence-electron chi connectivity index (χ2n) is 10.2. The average molecular weight is 666 g/mol. The number of hydrazone groups is 1. The summed E-state index contributed by atoms with van der Waals surface area (Å²) in [5.41, 5.74) is 2.64. The number of nitrogens with one attached hydrogen (secondary N) is 2. The van der Waals surface area contributed by atoms with Crippen LogP contribution in [0.5, 0.6) is 0 Å². The van der Waals surface area contributed by atoms with Crippen molar-refractivity contribution in [3.63, 3.8) is 0 Å². The number of hydrogen-bond donors (Lipinski definition) is 3. The lowest BCUT2D eigenvalue weighted by Gasteiger charge is -2.38. The van der Waals surface area contributed by atoms with Gasteiger partial charge < -0.3 is 10.2 Å². The summed E-state index contributed by atoms with van der Waals surface area (Å²) in [5.74, 6) is -0.376. The molecule has 1 heterocycles. The van der Waals surface area contributed by atoms with Gasteiger partial charge in [-0.05, 0) is 68.8 Å². The Morgan fingerprint density at radius 2 is 1.67 bits per heavy atom. The van der Waals surface area contributed by atoms with Gasteiger partial charge in [0.25, 0.3) is 0 Å². The third kappa shape index (κ3) is 7.70. The zero-order valence-corrected chi connectivity index (χ0v) is 26.1. The molecular weight excluding hydrogens is 638 g/mol. The third-order valence-electron chi connectivity index (χ3n) is 6.75. The zero-order chi connectivity index (χ0) is 31.3. The first-order valence-corrected chi connectivity index (χ1v) is 14.6. The number of carbonyl (C=O) groups is 3. The third-order valence-corrected chi connectivity index (χ3v) is 7.78. The molecule has 0 aromatic heterocycles. The Bertz CT molecular complexity index is 1550. The molecule has 1 aliphatic rings. The normalized spacial score (nSPS) is 16.1. The van der Waals surface area contributed by atoms with Crippen molar-refractivity contribution in [3.05, 3.63) is 92.4 Å². The summed E-state index contributed by atoms with van der Waals surface area (Å²) in [6.45, 7) is 3.58. The standard InChI is InChI=1S/C29H28Cl4N6O4/c1-29(2)26(39(43)27(41)35-22-8-3-6-19(30)14-22)38(23-9-4-7-20(31)15-23)28(42)37(29)13-5-10-25(40)36-34-17-18-11-12-21(32)16-24(18)33/h3-4,6-9,11-12,14-17,26,43H,5,10,13H2,1-2H3,(H,35,41)(H,36,40)/b34-17-/t26-/m1/s1. The Kier molecular flexibility index (Phi) is 10.4. The van der Waals surface area contributed by atoms with Gasteiger partial charge in [0, 0.05) is 45.0 Å². The van der Waals surface area contributed by atoms with Gasteiger partial charge in [0.15, 0.2) is 6.17 Å². The highest BCUT2D eigenvalue weighted by molar-refractivity contribution is 6.36. The highest BCUT2D eigenvalue weighted by atomic mass is 35.5. The summed E-state index contributed by atoms with van der Waals surface area (Å²) in [4.78, 5) is 42.2. The van der Waals surface area contributed by atoms with E-state index in [1.54, 1.807) is 74.5 Å². The predicted octanol–water partition coefficient (Wildman–Crippen LogP) is 7.50. The first kappa shape index (κ1) is 32.4. The molecule has 4 rings (SSSR count). The van der Waals surface area contributed by atoms with Crippen LogP contribution in [0.25, 0.3) is 0 Å². The van der Waals surface area contributed by atoms with Gasteiger partial charge in [0.05, 0.1) is 16.8 Å². The molecule has 0 saturated carbocycles. The number of rotatable bonds is 9. The number of hydroxylamine groups is 2. The number of amides is 5. The molecule has 226 valence electrons. The van der Waals surface area contributed by atoms with Gasteiger partial charge in [-0.1, -0.05) is 64.6 Å². The molecule has 0 spiro atoms. The minimum absolute atomic E-state index is 0.0471. The molecule has 1 fully saturated rings. The molecule has 5 amide bonds. The summed E-state index contributed by atoms with van der Waals surface area (Å²) in [7, 11) is 0. The van der Waals surface area contributed by atoms with Gasteiger partial charge >= 0.3 is 12.1 Å². The fourth-order valence-electron chi connectivity index (χ4n) is 4.70. The first-order valence-electron chi connectivity index (χ1n) is 13.1. The Balaban J connectivity index is 1.48. The molecule has 1 saturated heterocycles. The Morgan fingerprint density at radius 3 is 2.35 bits per heavy atom. The monoisotopic (exact) mass is 664 g/mol. The second-order valence-corrected chi connectivity index (χ2v) is 11.9. The van der Waals surface area contributed by atoms with Gasteiger partial charge in [-0.15, -0.1) is 0 Å². The Labute approximate surface area is 268 Å². The van der Waals surface area contributed by atoms with Gasteiger partial charge in [0.1, 0.15) is 0 Å². The first-order chi connectivity index (χ1) is 20.4. The molecule has 1 aliphatic heterocycles. The molecule has 3 N–H and O–H groups in total. The molecule has 1 atom stereocenters. The average Bonchev–Trinajstić information content (AvgIpc) is 3.14. The van der Waals surface area contributed by atoms with Crippen LogP contribution in [0.2, 0.25) is 20.1 Å². The molecule has 0 unspecified atom stereocenters. The maximum Gasteiger partial charge on any atom is 0.347 e. The molecule has 3 aromatic carbocycles. The van der Waals surface area contributed by atoms with Crippen LogP contribution in [0, 0.1) is 0 Å². The van der Waals surface area contributed by atoms with Crippen LogP contribution in [0.4, 0.5) is 21.0 Å². The molecule has 43 heavy (non-hydrogen) atoms. The van der Waals surface area contributed by atoms with E-state index in [1.807, 2.05) is 0 Å². The van der Waals surface area contributed by atoms with Crippen LogP contribution >= 0.6 is 46.4 Å². The van der Waals surface area contributed by atoms with Crippen molar-refractivity contribution in [1.82, 2.24) is 15.4 Å². The Hall–Kier alpha value is -3.54. The summed E-state index contributed by atoms with van der Waals surface area (Å²) in [6.07, 6.45) is 0.557. The molecule has 3 aromatic rings. The van der Waals surface area contributed by atoms with E-state index in [1.165, 1.54) is 22.1 Å². The van der Waals surface area contributed by atoms with Crippen LogP contribution in [-0.2, 0) is 4.79 Å². The number of carbonyl (C=O) groups excluding carboxylic acids is 3. The molecule has 0 aliphatic carbocycles. The number of urea groups is 2. The topological polar surface area (TPSA) is 118 Å². The molecule has 14 heteroatoms. The van der Waals surface area contributed by atoms with E-state index in [4.69, 9.17) is 46.4 Å². The van der Waals surface area contributed by atoms with Gasteiger partial charge in [-0.2, -0.15) is 10.2 Å². The molecular formula is C29H28Cl4N6O4. The fraction of sp³-hybridized carbons (Fsp3) is 0.241. The van der Waals surface area contributed by atoms with E-state index < -0.39 is 23.8 Å². The van der Waals surface area contributed by atoms with Crippen LogP contribution in [0.15, 0.2) is 71.8 Å². The van der Waals surface area contributed by atoms with Crippen molar-refractivity contribution < 1.29 is 19.6 Å². The van der Waals surface area contributed by atoms with E-state index in [0.717, 1.165) is 0 Å². The van der Waals surface area contributed by atoms with Crippen LogP contribution in [-0.4, -0.2) is 57.6 Å². The number of halogens is 4. The van der Waals surface area contributed by atoms with E-state index in [9.17, 15) is 19.6 Å². The second kappa shape index (κ2) is 13.8. The number of anilines is 2. The minimum atomic E-state index is -1.17. The Morgan fingerprint density at radius 1 is 1.00 bits per heavy atom. The minimum Gasteiger partial charge on any atom is -0.315 e. The molecule has 0 radical (unpaired) electrons. The lowest BCUT2D eigenvalue weighted by Crippen LogP contribution is -2.58. The summed E-state index contributed by atoms with van der Waals surface area (Å²) in [5, 5.41) is 19.8. The zero-order valence-electron chi connectivity index (χ0n) is 23.1. The highest BCUT2D eigenvalue weighted by Gasteiger charge is 2.55. The van der Waals surface area contributed by atoms with Crippen molar-refractivity contribution >= 4 is 82.0 Å². The maximum absolute atomic E-state index is 13.8. The predicted molar refractivity (Wildman–Crippen MR) is 169 cm³/mol. The largest absolute Gasteiger partial charge is 0.347 e. The van der Waals surface area contributed by atoms with Crippen molar-refractivity contribution in [2.45, 2.75) is 38.4 Å². The highest BCUT2D eigenvalue weighted by Crippen LogP contribution is 2.39. The lowest BCUT2D eigenvalue weighted by atomic mass is 9.99. The number of benzene rings is 3. The van der Waals surface area contributed by atoms with E-state index >= 15 is 0 Å². The van der Waals surface area contributed by atoms with Gasteiger partial charge in [-0.3, -0.25) is 14.9 Å². The van der Waals surface area contributed by atoms with Crippen molar-refractivity contribution in [3.8, 4) is 0 Å². The summed E-state index contributed by atoms with van der Waals surface area (Å²) >= 11 is 24.3. The van der Waals surface area contributed by atoms with Crippen molar-refractivity contribution in [1.29, 1.82) is 0 Å². The summed E-state index contributed by atoms with van der Waals surface area (Å²) < 4.78 is 0.